The lowest BCUT2D eigenvalue weighted by Crippen LogP contribution is -2.29. The number of hydrogen-bond donors (Lipinski definition) is 4. The Morgan fingerprint density at radius 3 is 2.45 bits per heavy atom. The van der Waals surface area contributed by atoms with Crippen molar-refractivity contribution in [1.82, 2.24) is 0 Å². The molecule has 1 aliphatic rings. The zero-order valence-electron chi connectivity index (χ0n) is 11.5. The monoisotopic (exact) mass is 302 g/mol. The molecule has 2 aromatic rings. The molecule has 1 atom stereocenters. The molecule has 114 valence electrons. The average molecular weight is 302 g/mol. The van der Waals surface area contributed by atoms with Gasteiger partial charge in [-0.3, -0.25) is 4.79 Å². The fourth-order valence-electron chi connectivity index (χ4n) is 2.56. The maximum atomic E-state index is 12.5. The highest BCUT2D eigenvalue weighted by Gasteiger charge is 2.32. The third kappa shape index (κ3) is 2.39. The molecule has 0 saturated carbocycles. The number of Topliss-reactive ketones (excluding diaryl/α,β-unsaturated/α-hetero) is 1. The van der Waals surface area contributed by atoms with Gasteiger partial charge in [-0.05, 0) is 18.1 Å². The number of carbonyl (C=O) groups is 1. The second kappa shape index (κ2) is 5.14. The Hall–Kier alpha value is -2.89. The molecule has 3 rings (SSSR count). The van der Waals surface area contributed by atoms with Crippen molar-refractivity contribution < 1.29 is 30.0 Å². The van der Waals surface area contributed by atoms with Crippen LogP contribution in [0.1, 0.15) is 15.9 Å². The minimum absolute atomic E-state index is 0.0346. The zero-order chi connectivity index (χ0) is 15.9. The lowest BCUT2D eigenvalue weighted by Gasteiger charge is -2.25. The minimum Gasteiger partial charge on any atom is -0.508 e. The van der Waals surface area contributed by atoms with Crippen molar-refractivity contribution in [3.05, 3.63) is 41.5 Å². The number of ketones is 1. The Labute approximate surface area is 125 Å². The molecule has 0 saturated heterocycles. The number of carbonyl (C=O) groups excluding carboxylic acids is 1. The minimum atomic E-state index is -0.571. The predicted molar refractivity (Wildman–Crippen MR) is 76.6 cm³/mol. The molecule has 0 unspecified atom stereocenters. The topological polar surface area (TPSA) is 107 Å². The number of phenolic OH excluding ortho intramolecular Hbond substituents is 4. The third-order valence-electron chi connectivity index (χ3n) is 3.66. The van der Waals surface area contributed by atoms with E-state index in [0.717, 1.165) is 6.07 Å². The molecule has 0 amide bonds. The van der Waals surface area contributed by atoms with Crippen molar-refractivity contribution in [1.29, 1.82) is 0 Å². The molecule has 0 fully saturated rings. The number of phenols is 4. The van der Waals surface area contributed by atoms with Crippen molar-refractivity contribution in [2.75, 3.05) is 6.61 Å². The van der Waals surface area contributed by atoms with Crippen LogP contribution in [0.5, 0.6) is 28.7 Å². The van der Waals surface area contributed by atoms with Gasteiger partial charge < -0.3 is 25.2 Å². The van der Waals surface area contributed by atoms with Gasteiger partial charge in [0.25, 0.3) is 0 Å². The Morgan fingerprint density at radius 2 is 1.73 bits per heavy atom. The number of rotatable bonds is 2. The maximum absolute atomic E-state index is 12.5. The van der Waals surface area contributed by atoms with E-state index in [1.165, 1.54) is 24.3 Å². The van der Waals surface area contributed by atoms with Gasteiger partial charge in [0.2, 0.25) is 0 Å². The van der Waals surface area contributed by atoms with Crippen LogP contribution in [0.25, 0.3) is 0 Å². The number of hydrogen-bond acceptors (Lipinski definition) is 6. The van der Waals surface area contributed by atoms with E-state index in [4.69, 9.17) is 4.74 Å². The number of benzene rings is 2. The second-order valence-electron chi connectivity index (χ2n) is 5.23. The van der Waals surface area contributed by atoms with Gasteiger partial charge in [0.15, 0.2) is 5.78 Å². The first-order chi connectivity index (χ1) is 10.5. The number of fused-ring (bicyclic) bond motifs is 1. The summed E-state index contributed by atoms with van der Waals surface area (Å²) in [6, 6.07) is 6.52. The first-order valence-electron chi connectivity index (χ1n) is 6.69. The zero-order valence-corrected chi connectivity index (χ0v) is 11.5. The molecule has 1 heterocycles. The van der Waals surface area contributed by atoms with Crippen LogP contribution in [0.3, 0.4) is 0 Å². The van der Waals surface area contributed by atoms with E-state index in [1.54, 1.807) is 0 Å². The summed E-state index contributed by atoms with van der Waals surface area (Å²) in [5.41, 5.74) is 0.536. The number of ether oxygens (including phenoxy) is 1. The number of aromatic hydroxyl groups is 4. The summed E-state index contributed by atoms with van der Waals surface area (Å²) >= 11 is 0. The lowest BCUT2D eigenvalue weighted by atomic mass is 9.89. The molecule has 0 aliphatic carbocycles. The first kappa shape index (κ1) is 14.1. The van der Waals surface area contributed by atoms with Gasteiger partial charge in [-0.25, -0.2) is 0 Å². The van der Waals surface area contributed by atoms with Crippen LogP contribution in [-0.2, 0) is 6.42 Å². The SMILES string of the molecule is O=C1c2c(O)cc(O)cc2OC[C@@H]1Cc1ccc(O)cc1O. The van der Waals surface area contributed by atoms with Gasteiger partial charge in [-0.15, -0.1) is 0 Å². The second-order valence-corrected chi connectivity index (χ2v) is 5.23. The molecule has 0 radical (unpaired) electrons. The molecular formula is C16H14O6. The Balaban J connectivity index is 1.90. The van der Waals surface area contributed by atoms with E-state index in [9.17, 15) is 25.2 Å². The third-order valence-corrected chi connectivity index (χ3v) is 3.66. The molecule has 0 spiro atoms. The summed E-state index contributed by atoms with van der Waals surface area (Å²) < 4.78 is 5.43. The van der Waals surface area contributed by atoms with Gasteiger partial charge >= 0.3 is 0 Å². The van der Waals surface area contributed by atoms with Gasteiger partial charge in [-0.1, -0.05) is 6.07 Å². The van der Waals surface area contributed by atoms with Crippen molar-refractivity contribution in [3.8, 4) is 28.7 Å². The van der Waals surface area contributed by atoms with E-state index < -0.39 is 5.92 Å². The van der Waals surface area contributed by atoms with E-state index in [-0.39, 0.29) is 53.1 Å². The fraction of sp³-hybridized carbons (Fsp3) is 0.188. The lowest BCUT2D eigenvalue weighted by molar-refractivity contribution is 0.0825. The van der Waals surface area contributed by atoms with E-state index in [0.29, 0.717) is 5.56 Å². The van der Waals surface area contributed by atoms with Gasteiger partial charge in [0.05, 0.1) is 12.5 Å². The van der Waals surface area contributed by atoms with E-state index in [1.807, 2.05) is 0 Å². The molecule has 6 heteroatoms. The highest BCUT2D eigenvalue weighted by Crippen LogP contribution is 2.38. The maximum Gasteiger partial charge on any atom is 0.177 e. The molecule has 2 aromatic carbocycles. The van der Waals surface area contributed by atoms with Crippen LogP contribution in [0.2, 0.25) is 0 Å². The summed E-state index contributed by atoms with van der Waals surface area (Å²) in [6.45, 7) is 0.0784. The van der Waals surface area contributed by atoms with Crippen LogP contribution >= 0.6 is 0 Å². The van der Waals surface area contributed by atoms with E-state index in [2.05, 4.69) is 0 Å². The van der Waals surface area contributed by atoms with Crippen molar-refractivity contribution in [3.63, 3.8) is 0 Å². The van der Waals surface area contributed by atoms with Crippen molar-refractivity contribution in [2.24, 2.45) is 5.92 Å². The Morgan fingerprint density at radius 1 is 1.00 bits per heavy atom. The van der Waals surface area contributed by atoms with Crippen molar-refractivity contribution >= 4 is 5.78 Å². The molecule has 0 aromatic heterocycles. The van der Waals surface area contributed by atoms with Crippen LogP contribution in [0.4, 0.5) is 0 Å². The molecule has 22 heavy (non-hydrogen) atoms. The molecule has 1 aliphatic heterocycles. The highest BCUT2D eigenvalue weighted by molar-refractivity contribution is 6.04. The summed E-state index contributed by atoms with van der Waals surface area (Å²) in [6.07, 6.45) is 0.213. The molecular weight excluding hydrogens is 288 g/mol. The smallest absolute Gasteiger partial charge is 0.177 e. The van der Waals surface area contributed by atoms with Crippen LogP contribution < -0.4 is 4.74 Å². The summed E-state index contributed by atoms with van der Waals surface area (Å²) in [7, 11) is 0. The van der Waals surface area contributed by atoms with Crippen LogP contribution in [0, 0.1) is 5.92 Å². The van der Waals surface area contributed by atoms with Crippen LogP contribution in [0.15, 0.2) is 30.3 Å². The average Bonchev–Trinajstić information content (AvgIpc) is 2.43. The van der Waals surface area contributed by atoms with E-state index >= 15 is 0 Å². The fourth-order valence-corrected chi connectivity index (χ4v) is 2.56. The first-order valence-corrected chi connectivity index (χ1v) is 6.69. The summed E-state index contributed by atoms with van der Waals surface area (Å²) in [5.74, 6) is -1.42. The van der Waals surface area contributed by atoms with Gasteiger partial charge in [-0.2, -0.15) is 0 Å². The normalized spacial score (nSPS) is 16.9. The Bertz CT molecular complexity index is 753. The van der Waals surface area contributed by atoms with Crippen molar-refractivity contribution in [2.45, 2.75) is 6.42 Å². The summed E-state index contributed by atoms with van der Waals surface area (Å²) in [5, 5.41) is 38.3. The quantitative estimate of drug-likeness (QED) is 0.675. The van der Waals surface area contributed by atoms with Crippen LogP contribution in [-0.4, -0.2) is 32.8 Å². The standard InChI is InChI=1S/C16H14O6/c17-10-2-1-8(12(19)4-10)3-9-7-22-14-6-11(18)5-13(20)15(14)16(9)21/h1-2,4-6,9,17-20H,3,7H2/t9-/m0/s1. The predicted octanol–water partition coefficient (Wildman–Crippen LogP) is 1.94. The highest BCUT2D eigenvalue weighted by atomic mass is 16.5. The van der Waals surface area contributed by atoms with Gasteiger partial charge in [0.1, 0.15) is 34.3 Å². The largest absolute Gasteiger partial charge is 0.508 e. The molecule has 6 nitrogen and oxygen atoms in total. The summed E-state index contributed by atoms with van der Waals surface area (Å²) in [4.78, 5) is 12.5. The molecule has 0 bridgehead atoms. The van der Waals surface area contributed by atoms with Gasteiger partial charge in [0, 0.05) is 18.2 Å². The molecule has 4 N–H and O–H groups in total. The Kier molecular flexibility index (Phi) is 3.29.